The van der Waals surface area contributed by atoms with Gasteiger partial charge in [-0.2, -0.15) is 5.06 Å². The maximum absolute atomic E-state index is 11.9. The van der Waals surface area contributed by atoms with Gasteiger partial charge in [0, 0.05) is 13.2 Å². The Bertz CT molecular complexity index is 539. The van der Waals surface area contributed by atoms with Gasteiger partial charge in [-0.05, 0) is 19.1 Å². The summed E-state index contributed by atoms with van der Waals surface area (Å²) in [5.41, 5.74) is -0.569. The zero-order valence-electron chi connectivity index (χ0n) is 12.7. The maximum Gasteiger partial charge on any atom is 0.352 e. The van der Waals surface area contributed by atoms with Gasteiger partial charge in [0.1, 0.15) is 0 Å². The lowest BCUT2D eigenvalue weighted by Crippen LogP contribution is -2.51. The Morgan fingerprint density at radius 3 is 2.86 bits per heavy atom. The number of methoxy groups -OCH3 is 1. The third-order valence-corrected chi connectivity index (χ3v) is 3.39. The van der Waals surface area contributed by atoms with E-state index < -0.39 is 23.8 Å². The number of nitrogens with one attached hydrogen (secondary N) is 1. The van der Waals surface area contributed by atoms with Gasteiger partial charge < -0.3 is 9.47 Å². The van der Waals surface area contributed by atoms with E-state index in [1.165, 1.54) is 12.2 Å². The van der Waals surface area contributed by atoms with Crippen molar-refractivity contribution in [3.8, 4) is 0 Å². The summed E-state index contributed by atoms with van der Waals surface area (Å²) in [6.07, 6.45) is 0.505. The van der Waals surface area contributed by atoms with E-state index >= 15 is 0 Å². The predicted molar refractivity (Wildman–Crippen MR) is 75.0 cm³/mol. The molecule has 0 bridgehead atoms. The molecular formula is C14H19N3O5. The second kappa shape index (κ2) is 6.82. The Labute approximate surface area is 128 Å². The normalized spacial score (nSPS) is 25.0. The molecule has 0 aromatic carbocycles. The quantitative estimate of drug-likeness (QED) is 0.769. The van der Waals surface area contributed by atoms with Crippen LogP contribution in [0.25, 0.3) is 0 Å². The highest BCUT2D eigenvalue weighted by Crippen LogP contribution is 2.33. The standard InChI is InChI=1S/C14H19N3O5/c1-4-21-13(19)12-16-14(17(2)22-12,9-11(18)20-3)10-7-5-6-8-15-10/h5-8,12,16H,4,9H2,1-3H3. The van der Waals surface area contributed by atoms with Gasteiger partial charge in [-0.25, -0.2) is 4.79 Å². The molecule has 1 aliphatic rings. The molecular weight excluding hydrogens is 290 g/mol. The van der Waals surface area contributed by atoms with Crippen LogP contribution >= 0.6 is 0 Å². The van der Waals surface area contributed by atoms with Gasteiger partial charge in [0.25, 0.3) is 0 Å². The lowest BCUT2D eigenvalue weighted by molar-refractivity contribution is -0.195. The Morgan fingerprint density at radius 2 is 2.27 bits per heavy atom. The molecule has 1 N–H and O–H groups in total. The first kappa shape index (κ1) is 16.3. The summed E-state index contributed by atoms with van der Waals surface area (Å²) < 4.78 is 9.69. The minimum atomic E-state index is -1.11. The van der Waals surface area contributed by atoms with E-state index in [4.69, 9.17) is 14.3 Å². The molecule has 22 heavy (non-hydrogen) atoms. The topological polar surface area (TPSA) is 90.0 Å². The lowest BCUT2D eigenvalue weighted by atomic mass is 10.0. The fraction of sp³-hybridized carbons (Fsp3) is 0.500. The molecule has 2 heterocycles. The lowest BCUT2D eigenvalue weighted by Gasteiger charge is -2.31. The molecule has 0 aliphatic carbocycles. The van der Waals surface area contributed by atoms with Gasteiger partial charge in [-0.1, -0.05) is 6.07 Å². The summed E-state index contributed by atoms with van der Waals surface area (Å²) in [5, 5.41) is 4.38. The average molecular weight is 309 g/mol. The summed E-state index contributed by atoms with van der Waals surface area (Å²) in [4.78, 5) is 33.5. The van der Waals surface area contributed by atoms with Crippen LogP contribution in [-0.4, -0.2) is 49.0 Å². The Morgan fingerprint density at radius 1 is 1.50 bits per heavy atom. The predicted octanol–water partition coefficient (Wildman–Crippen LogP) is 0.153. The molecule has 1 aromatic rings. The van der Waals surface area contributed by atoms with Crippen molar-refractivity contribution < 1.29 is 23.9 Å². The van der Waals surface area contributed by atoms with E-state index in [1.54, 1.807) is 38.4 Å². The van der Waals surface area contributed by atoms with Crippen molar-refractivity contribution in [3.63, 3.8) is 0 Å². The monoisotopic (exact) mass is 309 g/mol. The Balaban J connectivity index is 2.33. The largest absolute Gasteiger partial charge is 0.469 e. The van der Waals surface area contributed by atoms with Gasteiger partial charge in [0.05, 0.1) is 25.8 Å². The van der Waals surface area contributed by atoms with Crippen LogP contribution in [0.4, 0.5) is 0 Å². The molecule has 1 aromatic heterocycles. The summed E-state index contributed by atoms with van der Waals surface area (Å²) in [6.45, 7) is 1.94. The van der Waals surface area contributed by atoms with Crippen molar-refractivity contribution in [3.05, 3.63) is 30.1 Å². The van der Waals surface area contributed by atoms with Crippen LogP contribution in [0.5, 0.6) is 0 Å². The van der Waals surface area contributed by atoms with Crippen molar-refractivity contribution in [2.24, 2.45) is 0 Å². The molecule has 1 saturated heterocycles. The van der Waals surface area contributed by atoms with Crippen LogP contribution in [-0.2, 0) is 29.6 Å². The van der Waals surface area contributed by atoms with E-state index in [1.807, 2.05) is 0 Å². The summed E-state index contributed by atoms with van der Waals surface area (Å²) in [5.74, 6) is -1.02. The van der Waals surface area contributed by atoms with E-state index in [0.29, 0.717) is 5.69 Å². The van der Waals surface area contributed by atoms with Crippen LogP contribution in [0, 0.1) is 0 Å². The van der Waals surface area contributed by atoms with Crippen molar-refractivity contribution in [2.45, 2.75) is 25.2 Å². The van der Waals surface area contributed by atoms with Gasteiger partial charge in [-0.15, -0.1) is 0 Å². The molecule has 1 aliphatic heterocycles. The zero-order chi connectivity index (χ0) is 16.2. The number of nitrogens with zero attached hydrogens (tertiary/aromatic N) is 2. The minimum absolute atomic E-state index is 0.0765. The highest BCUT2D eigenvalue weighted by Gasteiger charge is 2.51. The number of esters is 2. The molecule has 0 saturated carbocycles. The maximum atomic E-state index is 11.9. The molecule has 8 heteroatoms. The number of hydrogen-bond acceptors (Lipinski definition) is 8. The van der Waals surface area contributed by atoms with E-state index in [2.05, 4.69) is 10.3 Å². The molecule has 0 radical (unpaired) electrons. The van der Waals surface area contributed by atoms with Crippen molar-refractivity contribution in [1.82, 2.24) is 15.4 Å². The SMILES string of the molecule is CCOC(=O)C1NC(CC(=O)OC)(c2ccccn2)N(C)O1. The smallest absolute Gasteiger partial charge is 0.352 e. The van der Waals surface area contributed by atoms with Gasteiger partial charge in [0.15, 0.2) is 5.66 Å². The number of carbonyl (C=O) groups is 2. The molecule has 120 valence electrons. The summed E-state index contributed by atoms with van der Waals surface area (Å²) in [7, 11) is 2.91. The van der Waals surface area contributed by atoms with Crippen LogP contribution in [0.1, 0.15) is 19.0 Å². The molecule has 0 amide bonds. The van der Waals surface area contributed by atoms with Gasteiger partial charge >= 0.3 is 11.9 Å². The van der Waals surface area contributed by atoms with E-state index in [9.17, 15) is 9.59 Å². The number of hydrogen-bond donors (Lipinski definition) is 1. The van der Waals surface area contributed by atoms with E-state index in [-0.39, 0.29) is 13.0 Å². The number of aromatic nitrogens is 1. The molecule has 2 unspecified atom stereocenters. The number of carbonyl (C=O) groups excluding carboxylic acids is 2. The Kier molecular flexibility index (Phi) is 5.07. The molecule has 0 spiro atoms. The van der Waals surface area contributed by atoms with Gasteiger partial charge in [-0.3, -0.25) is 19.9 Å². The fourth-order valence-electron chi connectivity index (χ4n) is 2.28. The number of ether oxygens (including phenoxy) is 2. The van der Waals surface area contributed by atoms with Gasteiger partial charge in [0.2, 0.25) is 6.23 Å². The first-order chi connectivity index (χ1) is 10.5. The number of rotatable bonds is 5. The molecule has 1 fully saturated rings. The summed E-state index contributed by atoms with van der Waals surface area (Å²) in [6, 6.07) is 5.28. The van der Waals surface area contributed by atoms with Crippen LogP contribution in [0.15, 0.2) is 24.4 Å². The van der Waals surface area contributed by atoms with Crippen LogP contribution in [0.3, 0.4) is 0 Å². The second-order valence-corrected chi connectivity index (χ2v) is 4.71. The van der Waals surface area contributed by atoms with Crippen LogP contribution in [0.2, 0.25) is 0 Å². The molecule has 2 rings (SSSR count). The second-order valence-electron chi connectivity index (χ2n) is 4.71. The zero-order valence-corrected chi connectivity index (χ0v) is 12.7. The summed E-state index contributed by atoms with van der Waals surface area (Å²) >= 11 is 0. The molecule has 2 atom stereocenters. The highest BCUT2D eigenvalue weighted by molar-refractivity contribution is 5.75. The van der Waals surface area contributed by atoms with Crippen molar-refractivity contribution in [2.75, 3.05) is 20.8 Å². The fourth-order valence-corrected chi connectivity index (χ4v) is 2.28. The first-order valence-corrected chi connectivity index (χ1v) is 6.86. The molecule has 8 nitrogen and oxygen atoms in total. The Hall–Kier alpha value is -2.03. The first-order valence-electron chi connectivity index (χ1n) is 6.86. The van der Waals surface area contributed by atoms with Crippen molar-refractivity contribution in [1.29, 1.82) is 0 Å². The third-order valence-electron chi connectivity index (χ3n) is 3.39. The highest BCUT2D eigenvalue weighted by atomic mass is 16.7. The van der Waals surface area contributed by atoms with Crippen molar-refractivity contribution >= 4 is 11.9 Å². The minimum Gasteiger partial charge on any atom is -0.469 e. The average Bonchev–Trinajstić information content (AvgIpc) is 2.86. The number of hydroxylamine groups is 2. The van der Waals surface area contributed by atoms with Crippen LogP contribution < -0.4 is 5.32 Å². The third kappa shape index (κ3) is 3.08. The van der Waals surface area contributed by atoms with E-state index in [0.717, 1.165) is 0 Å². The number of pyridine rings is 1.